The molecular formula is C10H14N2O4S. The van der Waals surface area contributed by atoms with E-state index in [9.17, 15) is 13.2 Å². The lowest BCUT2D eigenvalue weighted by molar-refractivity contribution is 0.246. The Morgan fingerprint density at radius 2 is 1.82 bits per heavy atom. The summed E-state index contributed by atoms with van der Waals surface area (Å²) in [5.41, 5.74) is 0.0770. The second-order valence-corrected chi connectivity index (χ2v) is 4.94. The highest BCUT2D eigenvalue weighted by Crippen LogP contribution is 2.16. The maximum Gasteiger partial charge on any atom is 0.368 e. The number of amides is 2. The fourth-order valence-corrected chi connectivity index (χ4v) is 1.87. The predicted molar refractivity (Wildman–Crippen MR) is 64.1 cm³/mol. The van der Waals surface area contributed by atoms with Gasteiger partial charge in [-0.25, -0.2) is 4.79 Å². The van der Waals surface area contributed by atoms with Crippen molar-refractivity contribution in [2.45, 2.75) is 19.9 Å². The van der Waals surface area contributed by atoms with E-state index in [0.717, 1.165) is 0 Å². The summed E-state index contributed by atoms with van der Waals surface area (Å²) < 4.78 is 31.7. The van der Waals surface area contributed by atoms with E-state index in [4.69, 9.17) is 4.55 Å². The SMILES string of the molecule is CC(C)NC(=O)N(c1ccccc1)S(=O)(=O)O. The number of urea groups is 1. The first-order chi connectivity index (χ1) is 7.82. The normalized spacial score (nSPS) is 11.3. The standard InChI is InChI=1S/C10H14N2O4S/c1-8(2)11-10(13)12(17(14,15)16)9-6-4-3-5-7-9/h3-8H,1-2H3,(H,11,13)(H,14,15,16). The van der Waals surface area contributed by atoms with E-state index >= 15 is 0 Å². The van der Waals surface area contributed by atoms with Gasteiger partial charge in [-0.1, -0.05) is 18.2 Å². The van der Waals surface area contributed by atoms with Gasteiger partial charge in [-0.15, -0.1) is 0 Å². The quantitative estimate of drug-likeness (QED) is 0.803. The molecule has 0 aliphatic carbocycles. The molecule has 0 spiro atoms. The molecule has 2 amide bonds. The Morgan fingerprint density at radius 1 is 1.29 bits per heavy atom. The number of para-hydroxylation sites is 1. The number of hydrogen-bond acceptors (Lipinski definition) is 3. The zero-order valence-electron chi connectivity index (χ0n) is 9.49. The number of nitrogens with one attached hydrogen (secondary N) is 1. The van der Waals surface area contributed by atoms with E-state index < -0.39 is 16.3 Å². The van der Waals surface area contributed by atoms with Crippen molar-refractivity contribution in [1.29, 1.82) is 0 Å². The fourth-order valence-electron chi connectivity index (χ4n) is 1.22. The molecule has 0 unspecified atom stereocenters. The molecule has 1 rings (SSSR count). The van der Waals surface area contributed by atoms with Crippen LogP contribution in [0.5, 0.6) is 0 Å². The van der Waals surface area contributed by atoms with E-state index in [0.29, 0.717) is 4.31 Å². The van der Waals surface area contributed by atoms with Crippen LogP contribution in [-0.2, 0) is 10.3 Å². The number of benzene rings is 1. The Morgan fingerprint density at radius 3 is 2.24 bits per heavy atom. The summed E-state index contributed by atoms with van der Waals surface area (Å²) in [5, 5.41) is 2.40. The molecule has 0 aliphatic heterocycles. The molecule has 0 aliphatic rings. The van der Waals surface area contributed by atoms with Gasteiger partial charge in [0.15, 0.2) is 0 Å². The number of rotatable bonds is 3. The molecule has 6 nitrogen and oxygen atoms in total. The van der Waals surface area contributed by atoms with Gasteiger partial charge < -0.3 is 5.32 Å². The molecule has 0 bridgehead atoms. The molecule has 0 fully saturated rings. The minimum Gasteiger partial charge on any atom is -0.335 e. The van der Waals surface area contributed by atoms with Gasteiger partial charge in [-0.2, -0.15) is 12.7 Å². The Kier molecular flexibility index (Phi) is 4.08. The van der Waals surface area contributed by atoms with Crippen LogP contribution < -0.4 is 9.62 Å². The Bertz CT molecular complexity index is 484. The van der Waals surface area contributed by atoms with Crippen molar-refractivity contribution < 1.29 is 17.8 Å². The summed E-state index contributed by atoms with van der Waals surface area (Å²) in [6.45, 7) is 3.37. The Hall–Kier alpha value is -1.60. The summed E-state index contributed by atoms with van der Waals surface area (Å²) in [6.07, 6.45) is 0. The minimum atomic E-state index is -4.64. The third-order valence-electron chi connectivity index (χ3n) is 1.82. The van der Waals surface area contributed by atoms with Crippen LogP contribution in [0, 0.1) is 0 Å². The van der Waals surface area contributed by atoms with Crippen molar-refractivity contribution in [3.63, 3.8) is 0 Å². The van der Waals surface area contributed by atoms with Crippen molar-refractivity contribution in [3.8, 4) is 0 Å². The zero-order chi connectivity index (χ0) is 13.1. The number of nitrogens with zero attached hydrogens (tertiary/aromatic N) is 1. The average molecular weight is 258 g/mol. The fraction of sp³-hybridized carbons (Fsp3) is 0.300. The van der Waals surface area contributed by atoms with Crippen LogP contribution in [-0.4, -0.2) is 25.0 Å². The molecule has 2 N–H and O–H groups in total. The largest absolute Gasteiger partial charge is 0.368 e. The molecule has 17 heavy (non-hydrogen) atoms. The van der Waals surface area contributed by atoms with Crippen molar-refractivity contribution >= 4 is 22.0 Å². The summed E-state index contributed by atoms with van der Waals surface area (Å²) >= 11 is 0. The second kappa shape index (κ2) is 5.15. The first kappa shape index (κ1) is 13.5. The minimum absolute atomic E-state index is 0.0770. The summed E-state index contributed by atoms with van der Waals surface area (Å²) in [5.74, 6) is 0. The van der Waals surface area contributed by atoms with Crippen LogP contribution in [0.1, 0.15) is 13.8 Å². The maximum absolute atomic E-state index is 11.7. The lowest BCUT2D eigenvalue weighted by Gasteiger charge is -2.20. The van der Waals surface area contributed by atoms with Gasteiger partial charge in [-0.05, 0) is 26.0 Å². The lowest BCUT2D eigenvalue weighted by Crippen LogP contribution is -2.46. The van der Waals surface area contributed by atoms with Crippen molar-refractivity contribution in [1.82, 2.24) is 5.32 Å². The van der Waals surface area contributed by atoms with Gasteiger partial charge in [0.2, 0.25) is 0 Å². The first-order valence-corrected chi connectivity index (χ1v) is 6.35. The van der Waals surface area contributed by atoms with Gasteiger partial charge >= 0.3 is 16.3 Å². The number of anilines is 1. The van der Waals surface area contributed by atoms with E-state index in [1.807, 2.05) is 0 Å². The number of carbonyl (C=O) groups is 1. The molecule has 1 aromatic rings. The highest BCUT2D eigenvalue weighted by Gasteiger charge is 2.27. The molecule has 0 aromatic heterocycles. The topological polar surface area (TPSA) is 86.7 Å². The summed E-state index contributed by atoms with van der Waals surface area (Å²) in [6, 6.07) is 6.49. The van der Waals surface area contributed by atoms with Crippen LogP contribution >= 0.6 is 0 Å². The molecule has 0 atom stereocenters. The summed E-state index contributed by atoms with van der Waals surface area (Å²) in [7, 11) is -4.64. The molecule has 0 radical (unpaired) electrons. The Balaban J connectivity index is 3.11. The van der Waals surface area contributed by atoms with E-state index in [2.05, 4.69) is 5.32 Å². The molecule has 7 heteroatoms. The van der Waals surface area contributed by atoms with Crippen molar-refractivity contribution in [3.05, 3.63) is 30.3 Å². The van der Waals surface area contributed by atoms with Gasteiger partial charge in [-0.3, -0.25) is 4.55 Å². The number of carbonyl (C=O) groups excluding carboxylic acids is 1. The van der Waals surface area contributed by atoms with E-state index in [1.165, 1.54) is 12.1 Å². The van der Waals surface area contributed by atoms with Crippen LogP contribution in [0.2, 0.25) is 0 Å². The lowest BCUT2D eigenvalue weighted by atomic mass is 10.3. The van der Waals surface area contributed by atoms with E-state index in [-0.39, 0.29) is 11.7 Å². The second-order valence-electron chi connectivity index (χ2n) is 3.68. The van der Waals surface area contributed by atoms with Gasteiger partial charge in [0, 0.05) is 6.04 Å². The van der Waals surface area contributed by atoms with Crippen molar-refractivity contribution in [2.75, 3.05) is 4.31 Å². The molecular weight excluding hydrogens is 244 g/mol. The molecule has 0 heterocycles. The molecule has 0 saturated heterocycles. The van der Waals surface area contributed by atoms with Gasteiger partial charge in [0.1, 0.15) is 0 Å². The first-order valence-electron chi connectivity index (χ1n) is 4.95. The van der Waals surface area contributed by atoms with Crippen LogP contribution in [0.15, 0.2) is 30.3 Å². The monoisotopic (exact) mass is 258 g/mol. The van der Waals surface area contributed by atoms with Crippen molar-refractivity contribution in [2.24, 2.45) is 0 Å². The average Bonchev–Trinajstić information content (AvgIpc) is 2.15. The maximum atomic E-state index is 11.7. The smallest absolute Gasteiger partial charge is 0.335 e. The molecule has 94 valence electrons. The Labute approximate surface area is 100 Å². The third-order valence-corrected chi connectivity index (χ3v) is 2.66. The third kappa shape index (κ3) is 3.72. The van der Waals surface area contributed by atoms with E-state index in [1.54, 1.807) is 32.0 Å². The predicted octanol–water partition coefficient (Wildman–Crippen LogP) is 1.41. The zero-order valence-corrected chi connectivity index (χ0v) is 10.3. The van der Waals surface area contributed by atoms with Gasteiger partial charge in [0.25, 0.3) is 0 Å². The molecule has 0 saturated carbocycles. The highest BCUT2D eigenvalue weighted by molar-refractivity contribution is 7.88. The highest BCUT2D eigenvalue weighted by atomic mass is 32.2. The molecule has 1 aromatic carbocycles. The van der Waals surface area contributed by atoms with Crippen LogP contribution in [0.25, 0.3) is 0 Å². The number of hydrogen-bond donors (Lipinski definition) is 2. The van der Waals surface area contributed by atoms with Gasteiger partial charge in [0.05, 0.1) is 5.69 Å². The van der Waals surface area contributed by atoms with Crippen LogP contribution in [0.4, 0.5) is 10.5 Å². The summed E-state index contributed by atoms with van der Waals surface area (Å²) in [4.78, 5) is 11.7. The van der Waals surface area contributed by atoms with Crippen LogP contribution in [0.3, 0.4) is 0 Å².